The molecule has 1 N–H and O–H groups in total. The van der Waals surface area contributed by atoms with Crippen LogP contribution in [0.15, 0.2) is 27.2 Å². The summed E-state index contributed by atoms with van der Waals surface area (Å²) in [5, 5.41) is 13.9. The number of hydrogen-bond acceptors (Lipinski definition) is 6. The van der Waals surface area contributed by atoms with E-state index in [2.05, 4.69) is 42.9 Å². The van der Waals surface area contributed by atoms with E-state index >= 15 is 0 Å². The lowest BCUT2D eigenvalue weighted by atomic mass is 10.2. The number of benzene rings is 1. The molecular weight excluding hydrogens is 324 g/mol. The van der Waals surface area contributed by atoms with Crippen molar-refractivity contribution in [3.05, 3.63) is 22.7 Å². The summed E-state index contributed by atoms with van der Waals surface area (Å²) in [6, 6.07) is 5.19. The standard InChI is InChI=1S/C13H15BrN4O2/c1-17-4-6-18(7-5-17)13-15-12(20-16-13)10-3-2-9(14)8-11(10)19/h2-3,8,19H,4-7H2,1H3. The number of halogens is 1. The highest BCUT2D eigenvalue weighted by Crippen LogP contribution is 2.31. The van der Waals surface area contributed by atoms with E-state index in [0.29, 0.717) is 17.4 Å². The number of aromatic nitrogens is 2. The summed E-state index contributed by atoms with van der Waals surface area (Å²) in [5.74, 6) is 1.03. The number of nitrogens with zero attached hydrogens (tertiary/aromatic N) is 4. The number of piperazine rings is 1. The van der Waals surface area contributed by atoms with Crippen LogP contribution in [-0.4, -0.2) is 53.4 Å². The lowest BCUT2D eigenvalue weighted by Crippen LogP contribution is -2.44. The van der Waals surface area contributed by atoms with Gasteiger partial charge in [0, 0.05) is 30.7 Å². The van der Waals surface area contributed by atoms with Gasteiger partial charge in [0.05, 0.1) is 5.56 Å². The lowest BCUT2D eigenvalue weighted by molar-refractivity contribution is 0.309. The molecule has 0 bridgehead atoms. The number of likely N-dealkylation sites (N-methyl/N-ethyl adjacent to an activating group) is 1. The Hall–Kier alpha value is -1.60. The number of anilines is 1. The Bertz CT molecular complexity index is 608. The van der Waals surface area contributed by atoms with E-state index in [-0.39, 0.29) is 5.75 Å². The Kier molecular flexibility index (Phi) is 3.62. The quantitative estimate of drug-likeness (QED) is 0.902. The third kappa shape index (κ3) is 2.64. The first kappa shape index (κ1) is 13.4. The van der Waals surface area contributed by atoms with Crippen LogP contribution in [0.4, 0.5) is 5.95 Å². The van der Waals surface area contributed by atoms with Crippen molar-refractivity contribution >= 4 is 21.9 Å². The van der Waals surface area contributed by atoms with Crippen molar-refractivity contribution in [1.82, 2.24) is 15.0 Å². The normalized spacial score (nSPS) is 16.6. The molecule has 1 saturated heterocycles. The molecular formula is C13H15BrN4O2. The second kappa shape index (κ2) is 5.41. The maximum Gasteiger partial charge on any atom is 0.266 e. The van der Waals surface area contributed by atoms with Crippen LogP contribution < -0.4 is 4.90 Å². The van der Waals surface area contributed by atoms with E-state index in [1.54, 1.807) is 12.1 Å². The zero-order valence-corrected chi connectivity index (χ0v) is 12.7. The lowest BCUT2D eigenvalue weighted by Gasteiger charge is -2.31. The molecule has 1 fully saturated rings. The molecule has 2 heterocycles. The summed E-state index contributed by atoms with van der Waals surface area (Å²) >= 11 is 3.30. The van der Waals surface area contributed by atoms with Crippen molar-refractivity contribution < 1.29 is 9.63 Å². The Labute approximate surface area is 125 Å². The number of phenolic OH excluding ortho intramolecular Hbond substituents is 1. The monoisotopic (exact) mass is 338 g/mol. The summed E-state index contributed by atoms with van der Waals surface area (Å²) in [4.78, 5) is 8.72. The Balaban J connectivity index is 1.83. The van der Waals surface area contributed by atoms with E-state index in [1.807, 2.05) is 6.07 Å². The van der Waals surface area contributed by atoms with E-state index in [0.717, 1.165) is 30.7 Å². The fourth-order valence-electron chi connectivity index (χ4n) is 2.15. The average molecular weight is 339 g/mol. The van der Waals surface area contributed by atoms with Crippen LogP contribution in [0.3, 0.4) is 0 Å². The van der Waals surface area contributed by atoms with Crippen LogP contribution in [0.1, 0.15) is 0 Å². The molecule has 0 radical (unpaired) electrons. The molecule has 0 aliphatic carbocycles. The largest absolute Gasteiger partial charge is 0.507 e. The predicted molar refractivity (Wildman–Crippen MR) is 78.8 cm³/mol. The number of phenols is 1. The van der Waals surface area contributed by atoms with Crippen LogP contribution in [0, 0.1) is 0 Å². The molecule has 7 heteroatoms. The summed E-state index contributed by atoms with van der Waals surface area (Å²) in [7, 11) is 2.10. The van der Waals surface area contributed by atoms with Gasteiger partial charge in [0.15, 0.2) is 0 Å². The molecule has 0 spiro atoms. The molecule has 0 amide bonds. The van der Waals surface area contributed by atoms with Gasteiger partial charge in [-0.15, -0.1) is 0 Å². The van der Waals surface area contributed by atoms with Crippen LogP contribution in [0.25, 0.3) is 11.5 Å². The molecule has 20 heavy (non-hydrogen) atoms. The second-order valence-corrected chi connectivity index (χ2v) is 5.77. The fraction of sp³-hybridized carbons (Fsp3) is 0.385. The zero-order chi connectivity index (χ0) is 14.1. The molecule has 1 aromatic carbocycles. The van der Waals surface area contributed by atoms with Gasteiger partial charge in [0.2, 0.25) is 0 Å². The molecule has 1 aliphatic heterocycles. The van der Waals surface area contributed by atoms with E-state index in [4.69, 9.17) is 4.52 Å². The second-order valence-electron chi connectivity index (χ2n) is 4.85. The topological polar surface area (TPSA) is 65.6 Å². The van der Waals surface area contributed by atoms with Gasteiger partial charge >= 0.3 is 0 Å². The minimum atomic E-state index is 0.118. The first-order chi connectivity index (χ1) is 9.63. The summed E-state index contributed by atoms with van der Waals surface area (Å²) in [6.45, 7) is 3.71. The van der Waals surface area contributed by atoms with Gasteiger partial charge < -0.3 is 19.4 Å². The molecule has 6 nitrogen and oxygen atoms in total. The Morgan fingerprint density at radius 2 is 2.00 bits per heavy atom. The third-order valence-electron chi connectivity index (χ3n) is 3.39. The van der Waals surface area contributed by atoms with Gasteiger partial charge in [0.1, 0.15) is 5.75 Å². The minimum Gasteiger partial charge on any atom is -0.507 e. The van der Waals surface area contributed by atoms with Crippen LogP contribution in [-0.2, 0) is 0 Å². The van der Waals surface area contributed by atoms with Gasteiger partial charge in [-0.3, -0.25) is 0 Å². The highest BCUT2D eigenvalue weighted by Gasteiger charge is 2.20. The SMILES string of the molecule is CN1CCN(c2noc(-c3ccc(Br)cc3O)n2)CC1. The highest BCUT2D eigenvalue weighted by atomic mass is 79.9. The number of hydrogen-bond donors (Lipinski definition) is 1. The third-order valence-corrected chi connectivity index (χ3v) is 3.88. The molecule has 2 aromatic rings. The van der Waals surface area contributed by atoms with Crippen molar-refractivity contribution in [3.63, 3.8) is 0 Å². The highest BCUT2D eigenvalue weighted by molar-refractivity contribution is 9.10. The molecule has 1 aliphatic rings. The summed E-state index contributed by atoms with van der Waals surface area (Å²) in [6.07, 6.45) is 0. The van der Waals surface area contributed by atoms with Crippen molar-refractivity contribution in [3.8, 4) is 17.2 Å². The number of rotatable bonds is 2. The first-order valence-electron chi connectivity index (χ1n) is 6.39. The Morgan fingerprint density at radius 3 is 2.70 bits per heavy atom. The maximum absolute atomic E-state index is 9.92. The van der Waals surface area contributed by atoms with Gasteiger partial charge in [-0.05, 0) is 30.4 Å². The van der Waals surface area contributed by atoms with Crippen LogP contribution >= 0.6 is 15.9 Å². The van der Waals surface area contributed by atoms with E-state index < -0.39 is 0 Å². The van der Waals surface area contributed by atoms with Crippen molar-refractivity contribution in [2.45, 2.75) is 0 Å². The molecule has 0 unspecified atom stereocenters. The van der Waals surface area contributed by atoms with Crippen molar-refractivity contribution in [2.24, 2.45) is 0 Å². The predicted octanol–water partition coefficient (Wildman–Crippen LogP) is 1.96. The fourth-order valence-corrected chi connectivity index (χ4v) is 2.49. The average Bonchev–Trinajstić information content (AvgIpc) is 2.89. The molecule has 106 valence electrons. The smallest absolute Gasteiger partial charge is 0.266 e. The van der Waals surface area contributed by atoms with Gasteiger partial charge in [0.25, 0.3) is 11.8 Å². The van der Waals surface area contributed by atoms with Gasteiger partial charge in [-0.25, -0.2) is 0 Å². The van der Waals surface area contributed by atoms with Crippen LogP contribution in [0.2, 0.25) is 0 Å². The Morgan fingerprint density at radius 1 is 1.25 bits per heavy atom. The maximum atomic E-state index is 9.92. The molecule has 3 rings (SSSR count). The van der Waals surface area contributed by atoms with Crippen LogP contribution in [0.5, 0.6) is 5.75 Å². The minimum absolute atomic E-state index is 0.118. The van der Waals surface area contributed by atoms with Crippen molar-refractivity contribution in [2.75, 3.05) is 38.1 Å². The molecule has 1 aromatic heterocycles. The van der Waals surface area contributed by atoms with Crippen molar-refractivity contribution in [1.29, 1.82) is 0 Å². The zero-order valence-electron chi connectivity index (χ0n) is 11.1. The summed E-state index contributed by atoms with van der Waals surface area (Å²) in [5.41, 5.74) is 0.543. The number of aromatic hydroxyl groups is 1. The van der Waals surface area contributed by atoms with Gasteiger partial charge in [-0.2, -0.15) is 4.98 Å². The molecule has 0 saturated carbocycles. The summed E-state index contributed by atoms with van der Waals surface area (Å²) < 4.78 is 6.06. The van der Waals surface area contributed by atoms with E-state index in [9.17, 15) is 5.11 Å². The first-order valence-corrected chi connectivity index (χ1v) is 7.19. The van der Waals surface area contributed by atoms with Gasteiger partial charge in [-0.1, -0.05) is 15.9 Å². The van der Waals surface area contributed by atoms with E-state index in [1.165, 1.54) is 0 Å². The molecule has 0 atom stereocenters.